The highest BCUT2D eigenvalue weighted by Gasteiger charge is 2.23. The van der Waals surface area contributed by atoms with Crippen molar-refractivity contribution in [2.45, 2.75) is 26.8 Å². The minimum atomic E-state index is -1.10. The van der Waals surface area contributed by atoms with Crippen LogP contribution in [0.25, 0.3) is 0 Å². The van der Waals surface area contributed by atoms with Crippen LogP contribution in [0.4, 0.5) is 0 Å². The van der Waals surface area contributed by atoms with E-state index in [1.54, 1.807) is 25.1 Å². The van der Waals surface area contributed by atoms with Crippen molar-refractivity contribution < 1.29 is 19.1 Å². The van der Waals surface area contributed by atoms with Crippen LogP contribution < -0.4 is 5.32 Å². The quantitative estimate of drug-likeness (QED) is 0.906. The van der Waals surface area contributed by atoms with E-state index in [1.165, 1.54) is 6.26 Å². The Kier molecular flexibility index (Phi) is 4.12. The number of benzene rings is 1. The van der Waals surface area contributed by atoms with Gasteiger partial charge in [0.1, 0.15) is 12.0 Å². The molecule has 1 atom stereocenters. The maximum atomic E-state index is 12.1. The van der Waals surface area contributed by atoms with E-state index in [0.717, 1.165) is 11.1 Å². The van der Waals surface area contributed by atoms with Crippen molar-refractivity contribution in [1.82, 2.24) is 5.32 Å². The highest BCUT2D eigenvalue weighted by atomic mass is 16.4. The Labute approximate surface area is 122 Å². The molecule has 0 bridgehead atoms. The van der Waals surface area contributed by atoms with Gasteiger partial charge in [0.2, 0.25) is 0 Å². The molecule has 2 aromatic rings. The molecule has 5 nitrogen and oxygen atoms in total. The van der Waals surface area contributed by atoms with E-state index in [1.807, 2.05) is 19.9 Å². The van der Waals surface area contributed by atoms with E-state index >= 15 is 0 Å². The minimum Gasteiger partial charge on any atom is -0.479 e. The molecule has 2 N–H and O–H groups in total. The topological polar surface area (TPSA) is 79.5 Å². The molecule has 0 radical (unpaired) electrons. The van der Waals surface area contributed by atoms with E-state index in [9.17, 15) is 14.7 Å². The molecule has 2 rings (SSSR count). The van der Waals surface area contributed by atoms with Gasteiger partial charge in [0.15, 0.2) is 6.04 Å². The SMILES string of the molecule is Cc1cc(C)cc(C(NC(=O)c2coc(C)c2)C(=O)O)c1. The van der Waals surface area contributed by atoms with Gasteiger partial charge >= 0.3 is 5.97 Å². The Morgan fingerprint density at radius 2 is 1.71 bits per heavy atom. The summed E-state index contributed by atoms with van der Waals surface area (Å²) in [6.45, 7) is 5.49. The lowest BCUT2D eigenvalue weighted by molar-refractivity contribution is -0.139. The highest BCUT2D eigenvalue weighted by molar-refractivity contribution is 5.96. The van der Waals surface area contributed by atoms with E-state index in [-0.39, 0.29) is 0 Å². The number of aliphatic carboxylic acids is 1. The van der Waals surface area contributed by atoms with Gasteiger partial charge in [-0.1, -0.05) is 29.3 Å². The number of rotatable bonds is 4. The third kappa shape index (κ3) is 3.51. The van der Waals surface area contributed by atoms with Crippen molar-refractivity contribution in [3.8, 4) is 0 Å². The molecule has 0 aliphatic carbocycles. The summed E-state index contributed by atoms with van der Waals surface area (Å²) in [5, 5.41) is 11.9. The number of aryl methyl sites for hydroxylation is 3. The average molecular weight is 287 g/mol. The Balaban J connectivity index is 2.27. The summed E-state index contributed by atoms with van der Waals surface area (Å²) in [5.74, 6) is -0.981. The molecule has 0 spiro atoms. The first-order valence-electron chi connectivity index (χ1n) is 6.54. The molecule has 0 saturated carbocycles. The van der Waals surface area contributed by atoms with Crippen LogP contribution in [-0.4, -0.2) is 17.0 Å². The maximum Gasteiger partial charge on any atom is 0.330 e. The number of carbonyl (C=O) groups excluding carboxylic acids is 1. The van der Waals surface area contributed by atoms with E-state index in [0.29, 0.717) is 16.9 Å². The van der Waals surface area contributed by atoms with Crippen LogP contribution in [0.3, 0.4) is 0 Å². The Hall–Kier alpha value is -2.56. The zero-order valence-corrected chi connectivity index (χ0v) is 12.1. The summed E-state index contributed by atoms with van der Waals surface area (Å²) < 4.78 is 5.06. The molecule has 0 saturated heterocycles. The number of nitrogens with one attached hydrogen (secondary N) is 1. The molecule has 0 aliphatic rings. The van der Waals surface area contributed by atoms with Crippen LogP contribution in [0.5, 0.6) is 0 Å². The van der Waals surface area contributed by atoms with Crippen LogP contribution in [0, 0.1) is 20.8 Å². The molecule has 1 unspecified atom stereocenters. The van der Waals surface area contributed by atoms with Gasteiger partial charge in [-0.3, -0.25) is 4.79 Å². The van der Waals surface area contributed by atoms with Crippen LogP contribution in [0.1, 0.15) is 38.9 Å². The number of carboxylic acids is 1. The second-order valence-electron chi connectivity index (χ2n) is 5.11. The fourth-order valence-corrected chi connectivity index (χ4v) is 2.24. The standard InChI is InChI=1S/C16H17NO4/c1-9-4-10(2)6-12(5-9)14(16(19)20)17-15(18)13-7-11(3)21-8-13/h4-8,14H,1-3H3,(H,17,18)(H,19,20). The van der Waals surface area contributed by atoms with Crippen molar-refractivity contribution in [2.75, 3.05) is 0 Å². The third-order valence-electron chi connectivity index (χ3n) is 3.09. The molecule has 1 aromatic carbocycles. The molecule has 0 fully saturated rings. The summed E-state index contributed by atoms with van der Waals surface area (Å²) in [5.41, 5.74) is 2.76. The van der Waals surface area contributed by atoms with Gasteiger partial charge < -0.3 is 14.8 Å². The van der Waals surface area contributed by atoms with Gasteiger partial charge in [-0.25, -0.2) is 4.79 Å². The van der Waals surface area contributed by atoms with Crippen LogP contribution >= 0.6 is 0 Å². The number of carbonyl (C=O) groups is 2. The molecular weight excluding hydrogens is 270 g/mol. The highest BCUT2D eigenvalue weighted by Crippen LogP contribution is 2.18. The van der Waals surface area contributed by atoms with E-state index in [4.69, 9.17) is 4.42 Å². The van der Waals surface area contributed by atoms with Crippen molar-refractivity contribution >= 4 is 11.9 Å². The number of furan rings is 1. The van der Waals surface area contributed by atoms with Crippen molar-refractivity contribution in [1.29, 1.82) is 0 Å². The number of hydrogen-bond acceptors (Lipinski definition) is 3. The summed E-state index contributed by atoms with van der Waals surface area (Å²) in [7, 11) is 0. The second kappa shape index (κ2) is 5.83. The summed E-state index contributed by atoms with van der Waals surface area (Å²) in [4.78, 5) is 23.5. The van der Waals surface area contributed by atoms with Crippen LogP contribution in [0.15, 0.2) is 34.9 Å². The van der Waals surface area contributed by atoms with Gasteiger partial charge in [0, 0.05) is 0 Å². The van der Waals surface area contributed by atoms with Gasteiger partial charge in [-0.05, 0) is 32.4 Å². The van der Waals surface area contributed by atoms with Gasteiger partial charge in [-0.2, -0.15) is 0 Å². The number of hydrogen-bond donors (Lipinski definition) is 2. The van der Waals surface area contributed by atoms with Crippen molar-refractivity contribution in [3.05, 3.63) is 58.5 Å². The maximum absolute atomic E-state index is 12.1. The van der Waals surface area contributed by atoms with Crippen LogP contribution in [-0.2, 0) is 4.79 Å². The van der Waals surface area contributed by atoms with E-state index < -0.39 is 17.9 Å². The molecule has 1 heterocycles. The fourth-order valence-electron chi connectivity index (χ4n) is 2.24. The Morgan fingerprint density at radius 3 is 2.19 bits per heavy atom. The third-order valence-corrected chi connectivity index (χ3v) is 3.09. The zero-order chi connectivity index (χ0) is 15.6. The average Bonchev–Trinajstić information content (AvgIpc) is 2.80. The molecule has 1 aromatic heterocycles. The van der Waals surface area contributed by atoms with E-state index in [2.05, 4.69) is 5.32 Å². The predicted molar refractivity (Wildman–Crippen MR) is 77.2 cm³/mol. The lowest BCUT2D eigenvalue weighted by Gasteiger charge is -2.15. The second-order valence-corrected chi connectivity index (χ2v) is 5.11. The molecular formula is C16H17NO4. The normalized spacial score (nSPS) is 12.0. The van der Waals surface area contributed by atoms with Gasteiger partial charge in [-0.15, -0.1) is 0 Å². The first-order chi connectivity index (χ1) is 9.86. The lowest BCUT2D eigenvalue weighted by Crippen LogP contribution is -2.33. The fraction of sp³-hybridized carbons (Fsp3) is 0.250. The summed E-state index contributed by atoms with van der Waals surface area (Å²) in [6.07, 6.45) is 1.31. The van der Waals surface area contributed by atoms with Gasteiger partial charge in [0.05, 0.1) is 5.56 Å². The zero-order valence-electron chi connectivity index (χ0n) is 12.1. The lowest BCUT2D eigenvalue weighted by atomic mass is 10.0. The number of amides is 1. The predicted octanol–water partition coefficient (Wildman–Crippen LogP) is 2.76. The van der Waals surface area contributed by atoms with Gasteiger partial charge in [0.25, 0.3) is 5.91 Å². The Bertz CT molecular complexity index is 667. The first kappa shape index (κ1) is 14.8. The van der Waals surface area contributed by atoms with Crippen molar-refractivity contribution in [2.24, 2.45) is 0 Å². The largest absolute Gasteiger partial charge is 0.479 e. The smallest absolute Gasteiger partial charge is 0.330 e. The monoisotopic (exact) mass is 287 g/mol. The number of carboxylic acid groups (broad SMARTS) is 1. The van der Waals surface area contributed by atoms with Crippen molar-refractivity contribution in [3.63, 3.8) is 0 Å². The molecule has 110 valence electrons. The molecule has 21 heavy (non-hydrogen) atoms. The first-order valence-corrected chi connectivity index (χ1v) is 6.54. The summed E-state index contributed by atoms with van der Waals surface area (Å²) in [6, 6.07) is 5.94. The molecule has 0 aliphatic heterocycles. The summed E-state index contributed by atoms with van der Waals surface area (Å²) >= 11 is 0. The minimum absolute atomic E-state index is 0.308. The molecule has 5 heteroatoms. The Morgan fingerprint density at radius 1 is 1.10 bits per heavy atom. The molecule has 1 amide bonds. The van der Waals surface area contributed by atoms with Crippen LogP contribution in [0.2, 0.25) is 0 Å².